The predicted octanol–water partition coefficient (Wildman–Crippen LogP) is 0.221. The molecule has 0 saturated heterocycles. The van der Waals surface area contributed by atoms with Crippen LogP contribution in [0.5, 0.6) is 0 Å². The Hall–Kier alpha value is -3.23. The number of methoxy groups -OCH3 is 1. The van der Waals surface area contributed by atoms with Gasteiger partial charge in [-0.2, -0.15) is 5.10 Å². The van der Waals surface area contributed by atoms with Gasteiger partial charge in [0.05, 0.1) is 12.7 Å². The van der Waals surface area contributed by atoms with E-state index in [1.165, 1.54) is 31.4 Å². The molecular formula is C15H15N3O6. The molecule has 9 nitrogen and oxygen atoms in total. The van der Waals surface area contributed by atoms with Crippen molar-refractivity contribution in [3.63, 3.8) is 0 Å². The van der Waals surface area contributed by atoms with Crippen molar-refractivity contribution in [3.05, 3.63) is 29.8 Å². The molecule has 24 heavy (non-hydrogen) atoms. The lowest BCUT2D eigenvalue weighted by molar-refractivity contribution is -0.140. The monoisotopic (exact) mass is 333 g/mol. The lowest BCUT2D eigenvalue weighted by Crippen LogP contribution is -2.32. The number of amides is 2. The molecule has 1 aliphatic rings. The summed E-state index contributed by atoms with van der Waals surface area (Å²) in [5.41, 5.74) is 3.01. The van der Waals surface area contributed by atoms with Crippen molar-refractivity contribution < 1.29 is 28.7 Å². The van der Waals surface area contributed by atoms with Gasteiger partial charge >= 0.3 is 11.9 Å². The maximum absolute atomic E-state index is 11.7. The van der Waals surface area contributed by atoms with Gasteiger partial charge in [-0.15, -0.1) is 0 Å². The van der Waals surface area contributed by atoms with Crippen molar-refractivity contribution >= 4 is 35.2 Å². The van der Waals surface area contributed by atoms with E-state index in [0.717, 1.165) is 0 Å². The fourth-order valence-corrected chi connectivity index (χ4v) is 1.84. The van der Waals surface area contributed by atoms with Crippen molar-refractivity contribution in [1.82, 2.24) is 5.43 Å². The van der Waals surface area contributed by atoms with Crippen LogP contribution in [0.15, 0.2) is 29.4 Å². The molecule has 126 valence electrons. The van der Waals surface area contributed by atoms with Crippen LogP contribution >= 0.6 is 0 Å². The molecule has 1 heterocycles. The van der Waals surface area contributed by atoms with Crippen LogP contribution in [0.4, 0.5) is 5.69 Å². The third-order valence-corrected chi connectivity index (χ3v) is 3.06. The van der Waals surface area contributed by atoms with Gasteiger partial charge in [-0.3, -0.25) is 9.59 Å². The molecular weight excluding hydrogens is 318 g/mol. The first-order valence-electron chi connectivity index (χ1n) is 7.00. The molecule has 0 radical (unpaired) electrons. The molecule has 2 rings (SSSR count). The van der Waals surface area contributed by atoms with E-state index in [2.05, 4.69) is 20.6 Å². The molecule has 1 aromatic rings. The lowest BCUT2D eigenvalue weighted by atomic mass is 10.2. The first kappa shape index (κ1) is 17.1. The summed E-state index contributed by atoms with van der Waals surface area (Å²) in [6.45, 7) is -0.495. The van der Waals surface area contributed by atoms with Gasteiger partial charge < -0.3 is 14.8 Å². The Balaban J connectivity index is 1.82. The third kappa shape index (κ3) is 4.63. The molecule has 0 fully saturated rings. The molecule has 0 aliphatic carbocycles. The van der Waals surface area contributed by atoms with E-state index in [4.69, 9.17) is 4.74 Å². The summed E-state index contributed by atoms with van der Waals surface area (Å²) in [7, 11) is 1.27. The molecule has 0 atom stereocenters. The number of hydrogen-bond acceptors (Lipinski definition) is 7. The van der Waals surface area contributed by atoms with E-state index in [0.29, 0.717) is 11.3 Å². The number of ether oxygens (including phenoxy) is 2. The van der Waals surface area contributed by atoms with Crippen molar-refractivity contribution in [1.29, 1.82) is 0 Å². The third-order valence-electron chi connectivity index (χ3n) is 3.06. The molecule has 0 saturated carbocycles. The fraction of sp³-hybridized carbons (Fsp3) is 0.267. The normalized spacial score (nSPS) is 13.4. The Morgan fingerprint density at radius 3 is 2.46 bits per heavy atom. The molecule has 0 bridgehead atoms. The largest absolute Gasteiger partial charge is 0.465 e. The quantitative estimate of drug-likeness (QED) is 0.743. The predicted molar refractivity (Wildman–Crippen MR) is 82.2 cm³/mol. The van der Waals surface area contributed by atoms with Crippen LogP contribution in [0.2, 0.25) is 0 Å². The van der Waals surface area contributed by atoms with Crippen LogP contribution in [0.1, 0.15) is 23.2 Å². The zero-order valence-corrected chi connectivity index (χ0v) is 12.8. The van der Waals surface area contributed by atoms with Crippen LogP contribution in [0.25, 0.3) is 0 Å². The fourth-order valence-electron chi connectivity index (χ4n) is 1.84. The lowest BCUT2D eigenvalue weighted by Gasteiger charge is -2.11. The molecule has 1 aliphatic heterocycles. The summed E-state index contributed by atoms with van der Waals surface area (Å²) in [5, 5.41) is 6.09. The van der Waals surface area contributed by atoms with Crippen molar-refractivity contribution in [2.24, 2.45) is 5.10 Å². The maximum atomic E-state index is 11.7. The summed E-state index contributed by atoms with van der Waals surface area (Å²) < 4.78 is 9.39. The van der Waals surface area contributed by atoms with Gasteiger partial charge in [-0.25, -0.2) is 15.0 Å². The molecule has 1 aromatic carbocycles. The van der Waals surface area contributed by atoms with Crippen LogP contribution in [0, 0.1) is 0 Å². The second kappa shape index (κ2) is 7.86. The van der Waals surface area contributed by atoms with Crippen molar-refractivity contribution in [3.8, 4) is 0 Å². The Morgan fingerprint density at radius 2 is 1.88 bits per heavy atom. The van der Waals surface area contributed by atoms with Crippen LogP contribution in [-0.2, 0) is 23.9 Å². The summed E-state index contributed by atoms with van der Waals surface area (Å²) >= 11 is 0. The summed E-state index contributed by atoms with van der Waals surface area (Å²) in [6, 6.07) is 6.03. The van der Waals surface area contributed by atoms with Gasteiger partial charge in [0.2, 0.25) is 5.91 Å². The molecule has 2 amide bonds. The number of rotatable bonds is 5. The van der Waals surface area contributed by atoms with Crippen LogP contribution < -0.4 is 10.7 Å². The van der Waals surface area contributed by atoms with Gasteiger partial charge in [0, 0.05) is 18.5 Å². The Labute approximate surface area is 137 Å². The summed E-state index contributed by atoms with van der Waals surface area (Å²) in [4.78, 5) is 45.6. The van der Waals surface area contributed by atoms with Crippen molar-refractivity contribution in [2.45, 2.75) is 12.8 Å². The zero-order valence-electron chi connectivity index (χ0n) is 12.8. The zero-order chi connectivity index (χ0) is 17.5. The van der Waals surface area contributed by atoms with Gasteiger partial charge in [0.1, 0.15) is 5.71 Å². The second-order valence-corrected chi connectivity index (χ2v) is 4.79. The molecule has 0 aromatic heterocycles. The van der Waals surface area contributed by atoms with E-state index in [1.54, 1.807) is 0 Å². The number of carbonyl (C=O) groups is 4. The Morgan fingerprint density at radius 1 is 1.17 bits per heavy atom. The van der Waals surface area contributed by atoms with Crippen LogP contribution in [-0.4, -0.2) is 43.2 Å². The van der Waals surface area contributed by atoms with Gasteiger partial charge in [0.25, 0.3) is 5.91 Å². The Kier molecular flexibility index (Phi) is 5.61. The summed E-state index contributed by atoms with van der Waals surface area (Å²) in [5.74, 6) is -2.07. The highest BCUT2D eigenvalue weighted by Gasteiger charge is 2.20. The second-order valence-electron chi connectivity index (χ2n) is 4.79. The highest BCUT2D eigenvalue weighted by molar-refractivity contribution is 6.37. The topological polar surface area (TPSA) is 123 Å². The molecule has 0 spiro atoms. The van der Waals surface area contributed by atoms with Gasteiger partial charge in [-0.05, 0) is 24.3 Å². The highest BCUT2D eigenvalue weighted by atomic mass is 16.5. The van der Waals surface area contributed by atoms with E-state index >= 15 is 0 Å². The van der Waals surface area contributed by atoms with Crippen LogP contribution in [0.3, 0.4) is 0 Å². The number of benzene rings is 1. The highest BCUT2D eigenvalue weighted by Crippen LogP contribution is 2.10. The smallest absolute Gasteiger partial charge is 0.355 e. The number of nitrogens with zero attached hydrogens (tertiary/aromatic N) is 1. The Bertz CT molecular complexity index is 696. The summed E-state index contributed by atoms with van der Waals surface area (Å²) in [6.07, 6.45) is 0.313. The SMILES string of the molecule is COC(=O)c1ccc(NC(=O)COC(=O)C2=NNC(=O)CC2)cc1. The van der Waals surface area contributed by atoms with Gasteiger partial charge in [0.15, 0.2) is 6.61 Å². The first-order chi connectivity index (χ1) is 11.5. The number of hydrogen-bond donors (Lipinski definition) is 2. The standard InChI is InChI=1S/C15H15N3O6/c1-23-14(21)9-2-4-10(5-3-9)16-13(20)8-24-15(22)11-6-7-12(19)18-17-11/h2-5H,6-8H2,1H3,(H,16,20)(H,18,19). The number of nitrogens with one attached hydrogen (secondary N) is 2. The molecule has 0 unspecified atom stereocenters. The van der Waals surface area contributed by atoms with E-state index < -0.39 is 24.5 Å². The average Bonchev–Trinajstić information content (AvgIpc) is 2.60. The number of esters is 2. The minimum Gasteiger partial charge on any atom is -0.465 e. The molecule has 2 N–H and O–H groups in total. The van der Waals surface area contributed by atoms with E-state index in [9.17, 15) is 19.2 Å². The van der Waals surface area contributed by atoms with E-state index in [-0.39, 0.29) is 24.5 Å². The number of hydrazone groups is 1. The van der Waals surface area contributed by atoms with E-state index in [1.807, 2.05) is 0 Å². The minimum absolute atomic E-state index is 0.0600. The number of carbonyl (C=O) groups excluding carboxylic acids is 4. The molecule has 9 heteroatoms. The minimum atomic E-state index is -0.758. The van der Waals surface area contributed by atoms with Crippen molar-refractivity contribution in [2.75, 3.05) is 19.0 Å². The first-order valence-corrected chi connectivity index (χ1v) is 7.00. The number of anilines is 1. The van der Waals surface area contributed by atoms with Gasteiger partial charge in [-0.1, -0.05) is 0 Å². The maximum Gasteiger partial charge on any atom is 0.355 e. The average molecular weight is 333 g/mol.